The van der Waals surface area contributed by atoms with Gasteiger partial charge in [0.1, 0.15) is 11.3 Å². The molecule has 7 heteroatoms. The number of imidazole rings is 1. The van der Waals surface area contributed by atoms with Crippen molar-refractivity contribution in [3.8, 4) is 0 Å². The molecule has 1 N–H and O–H groups in total. The lowest BCUT2D eigenvalue weighted by atomic mass is 10.3. The van der Waals surface area contributed by atoms with Crippen LogP contribution in [0.25, 0.3) is 11.0 Å². The summed E-state index contributed by atoms with van der Waals surface area (Å²) in [5.41, 5.74) is 0.426. The van der Waals surface area contributed by atoms with Gasteiger partial charge in [-0.1, -0.05) is 18.7 Å². The van der Waals surface area contributed by atoms with Crippen LogP contribution >= 0.6 is 11.8 Å². The first-order valence-electron chi connectivity index (χ1n) is 5.72. The summed E-state index contributed by atoms with van der Waals surface area (Å²) < 4.78 is 28.5. The third kappa shape index (κ3) is 2.86. The summed E-state index contributed by atoms with van der Waals surface area (Å²) in [7, 11) is 0. The van der Waals surface area contributed by atoms with Crippen molar-refractivity contribution in [3.05, 3.63) is 23.8 Å². The summed E-state index contributed by atoms with van der Waals surface area (Å²) in [5.74, 6) is -2.55. The molecule has 2 aromatic rings. The first-order valence-corrected chi connectivity index (χ1v) is 6.71. The van der Waals surface area contributed by atoms with Crippen LogP contribution in [0.3, 0.4) is 0 Å². The Morgan fingerprint density at radius 2 is 2.21 bits per heavy atom. The number of halogens is 2. The minimum Gasteiger partial charge on any atom is -0.481 e. The Labute approximate surface area is 112 Å². The van der Waals surface area contributed by atoms with E-state index in [2.05, 4.69) is 4.98 Å². The summed E-state index contributed by atoms with van der Waals surface area (Å²) >= 11 is 0.999. The molecule has 0 spiro atoms. The molecule has 0 aliphatic rings. The molecule has 0 saturated heterocycles. The van der Waals surface area contributed by atoms with Crippen LogP contribution in [0.2, 0.25) is 0 Å². The number of carbonyl (C=O) groups is 1. The average Bonchev–Trinajstić information content (AvgIpc) is 2.66. The fraction of sp³-hybridized carbons (Fsp3) is 0.333. The van der Waals surface area contributed by atoms with E-state index in [0.29, 0.717) is 17.2 Å². The van der Waals surface area contributed by atoms with Gasteiger partial charge in [0.05, 0.1) is 11.3 Å². The topological polar surface area (TPSA) is 55.1 Å². The Morgan fingerprint density at radius 3 is 2.84 bits per heavy atom. The number of fused-ring (bicyclic) bond motifs is 1. The molecule has 0 fully saturated rings. The van der Waals surface area contributed by atoms with Crippen molar-refractivity contribution < 1.29 is 18.7 Å². The van der Waals surface area contributed by atoms with Crippen LogP contribution in [-0.4, -0.2) is 26.4 Å². The molecule has 102 valence electrons. The SMILES string of the molecule is CCCn1c(SCC(=O)O)nc2c(F)cc(F)cc21. The van der Waals surface area contributed by atoms with Gasteiger partial charge >= 0.3 is 5.97 Å². The number of hydrogen-bond acceptors (Lipinski definition) is 3. The molecule has 1 aromatic heterocycles. The first kappa shape index (κ1) is 13.8. The van der Waals surface area contributed by atoms with Gasteiger partial charge in [-0.25, -0.2) is 13.8 Å². The second-order valence-corrected chi connectivity index (χ2v) is 4.93. The lowest BCUT2D eigenvalue weighted by molar-refractivity contribution is -0.133. The van der Waals surface area contributed by atoms with Crippen LogP contribution in [0, 0.1) is 11.6 Å². The van der Waals surface area contributed by atoms with Gasteiger partial charge in [0.15, 0.2) is 11.0 Å². The van der Waals surface area contributed by atoms with Crippen molar-refractivity contribution in [2.75, 3.05) is 5.75 Å². The molecule has 0 radical (unpaired) electrons. The van der Waals surface area contributed by atoms with Gasteiger partial charge in [-0.2, -0.15) is 0 Å². The fourth-order valence-corrected chi connectivity index (χ4v) is 2.56. The van der Waals surface area contributed by atoms with Crippen LogP contribution in [-0.2, 0) is 11.3 Å². The van der Waals surface area contributed by atoms with Crippen molar-refractivity contribution in [2.45, 2.75) is 25.0 Å². The number of aryl methyl sites for hydroxylation is 1. The predicted molar refractivity (Wildman–Crippen MR) is 68.3 cm³/mol. The summed E-state index contributed by atoms with van der Waals surface area (Å²) in [6.45, 7) is 2.45. The largest absolute Gasteiger partial charge is 0.481 e. The van der Waals surface area contributed by atoms with Crippen LogP contribution in [0.4, 0.5) is 8.78 Å². The number of aromatic nitrogens is 2. The fourth-order valence-electron chi connectivity index (χ4n) is 1.80. The second-order valence-electron chi connectivity index (χ2n) is 3.98. The minimum absolute atomic E-state index is 0.0720. The molecule has 1 aromatic carbocycles. The minimum atomic E-state index is -0.980. The molecule has 0 unspecified atom stereocenters. The summed E-state index contributed by atoms with van der Waals surface area (Å²) in [4.78, 5) is 14.7. The van der Waals surface area contributed by atoms with Gasteiger partial charge in [-0.05, 0) is 6.42 Å². The molecule has 1 heterocycles. The molecule has 0 aliphatic carbocycles. The molecule has 0 atom stereocenters. The van der Waals surface area contributed by atoms with Crippen molar-refractivity contribution in [2.24, 2.45) is 0 Å². The molecule has 19 heavy (non-hydrogen) atoms. The Hall–Kier alpha value is -1.63. The van der Waals surface area contributed by atoms with Crippen LogP contribution in [0.15, 0.2) is 17.3 Å². The average molecular weight is 286 g/mol. The van der Waals surface area contributed by atoms with E-state index in [1.807, 2.05) is 6.92 Å². The summed E-state index contributed by atoms with van der Waals surface area (Å²) in [6, 6.07) is 1.99. The van der Waals surface area contributed by atoms with E-state index in [-0.39, 0.29) is 11.3 Å². The Kier molecular flexibility index (Phi) is 4.04. The molecule has 4 nitrogen and oxygen atoms in total. The van der Waals surface area contributed by atoms with E-state index in [0.717, 1.165) is 24.2 Å². The summed E-state index contributed by atoms with van der Waals surface area (Å²) in [6.07, 6.45) is 0.754. The zero-order valence-corrected chi connectivity index (χ0v) is 11.0. The first-order chi connectivity index (χ1) is 9.02. The Balaban J connectivity index is 2.53. The van der Waals surface area contributed by atoms with Crippen molar-refractivity contribution in [1.29, 1.82) is 0 Å². The third-order valence-electron chi connectivity index (χ3n) is 2.51. The monoisotopic (exact) mass is 286 g/mol. The van der Waals surface area contributed by atoms with E-state index >= 15 is 0 Å². The molecule has 0 aliphatic heterocycles. The quantitative estimate of drug-likeness (QED) is 0.859. The molecular weight excluding hydrogens is 274 g/mol. The highest BCUT2D eigenvalue weighted by Gasteiger charge is 2.16. The molecule has 0 saturated carbocycles. The van der Waals surface area contributed by atoms with Gasteiger partial charge in [-0.15, -0.1) is 0 Å². The van der Waals surface area contributed by atoms with Crippen LogP contribution in [0.1, 0.15) is 13.3 Å². The number of carboxylic acid groups (broad SMARTS) is 1. The summed E-state index contributed by atoms with van der Waals surface area (Å²) in [5, 5.41) is 9.07. The van der Waals surface area contributed by atoms with Gasteiger partial charge in [0.25, 0.3) is 0 Å². The van der Waals surface area contributed by atoms with Gasteiger partial charge in [0, 0.05) is 18.7 Å². The lowest BCUT2D eigenvalue weighted by Crippen LogP contribution is -2.03. The number of aliphatic carboxylic acids is 1. The smallest absolute Gasteiger partial charge is 0.313 e. The van der Waals surface area contributed by atoms with Crippen LogP contribution in [0.5, 0.6) is 0 Å². The van der Waals surface area contributed by atoms with E-state index in [1.165, 1.54) is 6.07 Å². The number of rotatable bonds is 5. The number of thioether (sulfide) groups is 1. The highest BCUT2D eigenvalue weighted by Crippen LogP contribution is 2.27. The van der Waals surface area contributed by atoms with Gasteiger partial charge < -0.3 is 9.67 Å². The molecule has 0 bridgehead atoms. The molecule has 2 rings (SSSR count). The molecular formula is C12H12F2N2O2S. The predicted octanol–water partition coefficient (Wildman–Crippen LogP) is 2.90. The number of nitrogens with zero attached hydrogens (tertiary/aromatic N) is 2. The Bertz CT molecular complexity index is 628. The Morgan fingerprint density at radius 1 is 1.47 bits per heavy atom. The normalized spacial score (nSPS) is 11.1. The van der Waals surface area contributed by atoms with E-state index in [9.17, 15) is 13.6 Å². The van der Waals surface area contributed by atoms with Gasteiger partial charge in [0.2, 0.25) is 0 Å². The maximum absolute atomic E-state index is 13.6. The van der Waals surface area contributed by atoms with Crippen molar-refractivity contribution >= 4 is 28.8 Å². The standard InChI is InChI=1S/C12H12F2N2O2S/c1-2-3-16-9-5-7(13)4-8(14)11(9)15-12(16)19-6-10(17)18/h4-5H,2-3,6H2,1H3,(H,17,18). The van der Waals surface area contributed by atoms with Crippen LogP contribution < -0.4 is 0 Å². The maximum atomic E-state index is 13.6. The number of carboxylic acids is 1. The zero-order chi connectivity index (χ0) is 14.0. The maximum Gasteiger partial charge on any atom is 0.313 e. The zero-order valence-electron chi connectivity index (χ0n) is 10.2. The molecule has 0 amide bonds. The second kappa shape index (κ2) is 5.56. The third-order valence-corrected chi connectivity index (χ3v) is 3.47. The van der Waals surface area contributed by atoms with E-state index < -0.39 is 17.6 Å². The van der Waals surface area contributed by atoms with E-state index in [4.69, 9.17) is 5.11 Å². The number of hydrogen-bond donors (Lipinski definition) is 1. The van der Waals surface area contributed by atoms with Crippen molar-refractivity contribution in [3.63, 3.8) is 0 Å². The van der Waals surface area contributed by atoms with Crippen molar-refractivity contribution in [1.82, 2.24) is 9.55 Å². The van der Waals surface area contributed by atoms with Gasteiger partial charge in [-0.3, -0.25) is 4.79 Å². The lowest BCUT2D eigenvalue weighted by Gasteiger charge is -2.06. The number of benzene rings is 1. The van der Waals surface area contributed by atoms with E-state index in [1.54, 1.807) is 4.57 Å². The highest BCUT2D eigenvalue weighted by atomic mass is 32.2. The highest BCUT2D eigenvalue weighted by molar-refractivity contribution is 7.99.